The number of carbonyl (C=O) groups excluding carboxylic acids is 1. The number of nitrogens with zero attached hydrogens (tertiary/aromatic N) is 2. The zero-order chi connectivity index (χ0) is 15.8. The summed E-state index contributed by atoms with van der Waals surface area (Å²) in [6, 6.07) is 7.98. The Hall–Kier alpha value is -1.66. The van der Waals surface area contributed by atoms with Gasteiger partial charge in [0.15, 0.2) is 4.34 Å². The molecule has 2 heterocycles. The van der Waals surface area contributed by atoms with Crippen molar-refractivity contribution >= 4 is 39.2 Å². The molecule has 2 aliphatic rings. The molecule has 23 heavy (non-hydrogen) atoms. The van der Waals surface area contributed by atoms with E-state index in [0.29, 0.717) is 25.3 Å². The molecule has 1 aliphatic carbocycles. The first-order valence-electron chi connectivity index (χ1n) is 7.50. The van der Waals surface area contributed by atoms with Crippen molar-refractivity contribution in [1.82, 2.24) is 9.88 Å². The number of aromatic nitrogens is 1. The number of likely N-dealkylation sites (tertiary alicyclic amines) is 1. The Morgan fingerprint density at radius 2 is 2.26 bits per heavy atom. The first-order valence-corrected chi connectivity index (χ1v) is 9.30. The largest absolute Gasteiger partial charge is 0.337 e. The van der Waals surface area contributed by atoms with E-state index in [1.54, 1.807) is 11.3 Å². The van der Waals surface area contributed by atoms with Gasteiger partial charge in [0, 0.05) is 25.4 Å². The molecule has 0 radical (unpaired) electrons. The fourth-order valence-corrected chi connectivity index (χ4v) is 4.97. The van der Waals surface area contributed by atoms with Crippen molar-refractivity contribution in [3.63, 3.8) is 0 Å². The molecule has 0 bridgehead atoms. The Morgan fingerprint density at radius 3 is 3.13 bits per heavy atom. The molecule has 0 spiro atoms. The first kappa shape index (κ1) is 14.9. The van der Waals surface area contributed by atoms with E-state index in [9.17, 15) is 9.18 Å². The number of thiazole rings is 1. The Balaban J connectivity index is 1.37. The molecule has 1 saturated heterocycles. The minimum atomic E-state index is -0.0862. The van der Waals surface area contributed by atoms with Gasteiger partial charge in [0.2, 0.25) is 5.91 Å². The van der Waals surface area contributed by atoms with Crippen LogP contribution < -0.4 is 0 Å². The van der Waals surface area contributed by atoms with Gasteiger partial charge < -0.3 is 4.90 Å². The van der Waals surface area contributed by atoms with Crippen molar-refractivity contribution in [3.8, 4) is 0 Å². The van der Waals surface area contributed by atoms with Crippen LogP contribution in [0, 0.1) is 5.92 Å². The van der Waals surface area contributed by atoms with E-state index in [0.717, 1.165) is 14.6 Å². The molecule has 4 rings (SSSR count). The SMILES string of the molecule is O=C(CSc1nc2ccccc2s1)N1CC2=CC=C(F)CC2C1. The first-order chi connectivity index (χ1) is 11.2. The lowest BCUT2D eigenvalue weighted by Gasteiger charge is -2.15. The van der Waals surface area contributed by atoms with Gasteiger partial charge in [-0.1, -0.05) is 30.0 Å². The Bertz CT molecular complexity index is 794. The third kappa shape index (κ3) is 3.05. The summed E-state index contributed by atoms with van der Waals surface area (Å²) < 4.78 is 15.4. The minimum Gasteiger partial charge on any atom is -0.337 e. The predicted molar refractivity (Wildman–Crippen MR) is 92.3 cm³/mol. The van der Waals surface area contributed by atoms with E-state index in [1.807, 2.05) is 35.2 Å². The maximum atomic E-state index is 13.3. The molecule has 1 fully saturated rings. The van der Waals surface area contributed by atoms with Crippen molar-refractivity contribution < 1.29 is 9.18 Å². The van der Waals surface area contributed by atoms with Gasteiger partial charge in [-0.05, 0) is 23.8 Å². The highest BCUT2D eigenvalue weighted by atomic mass is 32.2. The summed E-state index contributed by atoms with van der Waals surface area (Å²) in [5, 5.41) is 0. The van der Waals surface area contributed by atoms with Gasteiger partial charge in [0.05, 0.1) is 16.0 Å². The molecule has 1 amide bonds. The average molecular weight is 346 g/mol. The Morgan fingerprint density at radius 1 is 1.39 bits per heavy atom. The topological polar surface area (TPSA) is 33.2 Å². The van der Waals surface area contributed by atoms with E-state index < -0.39 is 0 Å². The highest BCUT2D eigenvalue weighted by molar-refractivity contribution is 8.01. The predicted octanol–water partition coefficient (Wildman–Crippen LogP) is 4.03. The van der Waals surface area contributed by atoms with Crippen molar-refractivity contribution in [1.29, 1.82) is 0 Å². The van der Waals surface area contributed by atoms with Crippen LogP contribution in [0.25, 0.3) is 10.2 Å². The number of hydrogen-bond donors (Lipinski definition) is 0. The van der Waals surface area contributed by atoms with E-state index in [4.69, 9.17) is 0 Å². The van der Waals surface area contributed by atoms with Crippen LogP contribution in [0.15, 0.2) is 52.2 Å². The summed E-state index contributed by atoms with van der Waals surface area (Å²) in [6.45, 7) is 1.26. The van der Waals surface area contributed by atoms with Gasteiger partial charge in [-0.25, -0.2) is 9.37 Å². The van der Waals surface area contributed by atoms with Crippen molar-refractivity contribution in [2.24, 2.45) is 5.92 Å². The van der Waals surface area contributed by atoms with Crippen LogP contribution in [0.1, 0.15) is 6.42 Å². The lowest BCUT2D eigenvalue weighted by Crippen LogP contribution is -2.30. The van der Waals surface area contributed by atoms with E-state index in [1.165, 1.54) is 23.4 Å². The van der Waals surface area contributed by atoms with Gasteiger partial charge in [-0.2, -0.15) is 0 Å². The second kappa shape index (κ2) is 6.09. The van der Waals surface area contributed by atoms with Crippen LogP contribution >= 0.6 is 23.1 Å². The quantitative estimate of drug-likeness (QED) is 0.787. The molecule has 3 nitrogen and oxygen atoms in total. The number of para-hydroxylation sites is 1. The molecule has 1 unspecified atom stereocenters. The number of benzene rings is 1. The van der Waals surface area contributed by atoms with Crippen LogP contribution in [-0.2, 0) is 4.79 Å². The number of hydrogen-bond acceptors (Lipinski definition) is 4. The Labute approximate surface area is 141 Å². The van der Waals surface area contributed by atoms with Crippen LogP contribution in [0.5, 0.6) is 0 Å². The molecule has 1 aliphatic heterocycles. The number of carbonyl (C=O) groups is 1. The van der Waals surface area contributed by atoms with Crippen LogP contribution in [0.4, 0.5) is 4.39 Å². The lowest BCUT2D eigenvalue weighted by molar-refractivity contribution is -0.127. The van der Waals surface area contributed by atoms with Gasteiger partial charge in [0.25, 0.3) is 0 Å². The number of allylic oxidation sites excluding steroid dienone is 3. The highest BCUT2D eigenvalue weighted by Gasteiger charge is 2.32. The maximum absolute atomic E-state index is 13.3. The molecule has 0 saturated carbocycles. The lowest BCUT2D eigenvalue weighted by atomic mass is 9.94. The number of thioether (sulfide) groups is 1. The fraction of sp³-hybridized carbons (Fsp3) is 0.294. The Kier molecular flexibility index (Phi) is 3.95. The summed E-state index contributed by atoms with van der Waals surface area (Å²) in [4.78, 5) is 18.8. The minimum absolute atomic E-state index is 0.0862. The van der Waals surface area contributed by atoms with Gasteiger partial charge >= 0.3 is 0 Å². The standard InChI is InChI=1S/C17H15FN2OS2/c18-13-6-5-11-8-20(9-12(11)7-13)16(21)10-22-17-19-14-3-1-2-4-15(14)23-17/h1-6,12H,7-10H2. The normalized spacial score (nSPS) is 20.4. The zero-order valence-corrected chi connectivity index (χ0v) is 14.0. The van der Waals surface area contributed by atoms with E-state index in [-0.39, 0.29) is 17.7 Å². The fourth-order valence-electron chi connectivity index (χ4n) is 3.00. The number of fused-ring (bicyclic) bond motifs is 2. The van der Waals surface area contributed by atoms with Crippen LogP contribution in [0.2, 0.25) is 0 Å². The zero-order valence-electron chi connectivity index (χ0n) is 12.4. The van der Waals surface area contributed by atoms with Gasteiger partial charge in [-0.15, -0.1) is 11.3 Å². The van der Waals surface area contributed by atoms with E-state index in [2.05, 4.69) is 4.98 Å². The van der Waals surface area contributed by atoms with Crippen molar-refractivity contribution in [2.45, 2.75) is 10.8 Å². The van der Waals surface area contributed by atoms with Crippen molar-refractivity contribution in [3.05, 3.63) is 47.8 Å². The number of rotatable bonds is 3. The average Bonchev–Trinajstić information content (AvgIpc) is 3.15. The summed E-state index contributed by atoms with van der Waals surface area (Å²) in [7, 11) is 0. The molecule has 1 atom stereocenters. The third-order valence-electron chi connectivity index (χ3n) is 4.20. The summed E-state index contributed by atoms with van der Waals surface area (Å²) in [6.07, 6.45) is 3.79. The molecule has 6 heteroatoms. The molecule has 118 valence electrons. The summed E-state index contributed by atoms with van der Waals surface area (Å²) >= 11 is 3.10. The second-order valence-corrected chi connectivity index (χ2v) is 8.02. The van der Waals surface area contributed by atoms with Crippen molar-refractivity contribution in [2.75, 3.05) is 18.8 Å². The second-order valence-electron chi connectivity index (χ2n) is 5.77. The van der Waals surface area contributed by atoms with Gasteiger partial charge in [-0.3, -0.25) is 4.79 Å². The van der Waals surface area contributed by atoms with E-state index >= 15 is 0 Å². The highest BCUT2D eigenvalue weighted by Crippen LogP contribution is 2.34. The van der Waals surface area contributed by atoms with Crippen LogP contribution in [0.3, 0.4) is 0 Å². The summed E-state index contributed by atoms with van der Waals surface area (Å²) in [5.74, 6) is 0.564. The number of halogens is 1. The molecular weight excluding hydrogens is 331 g/mol. The molecule has 1 aromatic carbocycles. The smallest absolute Gasteiger partial charge is 0.233 e. The molecule has 2 aromatic rings. The third-order valence-corrected chi connectivity index (χ3v) is 6.37. The monoisotopic (exact) mass is 346 g/mol. The molecule has 1 aromatic heterocycles. The number of amides is 1. The maximum Gasteiger partial charge on any atom is 0.233 e. The molecular formula is C17H15FN2OS2. The van der Waals surface area contributed by atoms with Gasteiger partial charge in [0.1, 0.15) is 5.83 Å². The molecule has 0 N–H and O–H groups in total. The summed E-state index contributed by atoms with van der Waals surface area (Å²) in [5.41, 5.74) is 2.15. The van der Waals surface area contributed by atoms with Crippen LogP contribution in [-0.4, -0.2) is 34.6 Å².